The molecule has 0 unspecified atom stereocenters. The number of benzene rings is 1. The molecule has 0 aliphatic carbocycles. The zero-order chi connectivity index (χ0) is 11.4. The molecule has 1 N–H and O–H groups in total. The molecule has 0 radical (unpaired) electrons. The molecule has 0 saturated heterocycles. The van der Waals surface area contributed by atoms with E-state index in [9.17, 15) is 4.39 Å². The van der Waals surface area contributed by atoms with Gasteiger partial charge < -0.3 is 5.32 Å². The third kappa shape index (κ3) is 2.30. The molecule has 0 amide bonds. The highest BCUT2D eigenvalue weighted by atomic mass is 19.1. The maximum atomic E-state index is 12.6. The van der Waals surface area contributed by atoms with Crippen molar-refractivity contribution in [1.82, 2.24) is 9.97 Å². The summed E-state index contributed by atoms with van der Waals surface area (Å²) in [6, 6.07) is 9.33. The van der Waals surface area contributed by atoms with E-state index in [0.29, 0.717) is 11.5 Å². The van der Waals surface area contributed by atoms with Crippen LogP contribution in [0.25, 0.3) is 0 Å². The summed E-state index contributed by atoms with van der Waals surface area (Å²) < 4.78 is 12.6. The molecule has 16 heavy (non-hydrogen) atoms. The first-order chi connectivity index (χ1) is 7.78. The van der Waals surface area contributed by atoms with Crippen LogP contribution >= 0.6 is 0 Å². The van der Waals surface area contributed by atoms with Gasteiger partial charge in [0.05, 0.1) is 0 Å². The van der Waals surface area contributed by atoms with Crippen LogP contribution in [-0.2, 0) is 0 Å². The number of rotatable bonds is 2. The summed E-state index contributed by atoms with van der Waals surface area (Å²) in [5, 5.41) is 11.5. The van der Waals surface area contributed by atoms with E-state index in [4.69, 9.17) is 5.26 Å². The van der Waals surface area contributed by atoms with E-state index in [1.54, 1.807) is 18.2 Å². The molecule has 0 fully saturated rings. The zero-order valence-corrected chi connectivity index (χ0v) is 8.18. The van der Waals surface area contributed by atoms with E-state index in [1.807, 2.05) is 6.07 Å². The highest BCUT2D eigenvalue weighted by Crippen LogP contribution is 2.14. The van der Waals surface area contributed by atoms with Crippen LogP contribution in [0.15, 0.2) is 36.5 Å². The fraction of sp³-hybridized carbons (Fsp3) is 0. The second-order valence-electron chi connectivity index (χ2n) is 3.01. The summed E-state index contributed by atoms with van der Waals surface area (Å²) in [7, 11) is 0. The van der Waals surface area contributed by atoms with Crippen LogP contribution in [0.4, 0.5) is 15.9 Å². The molecule has 4 nitrogen and oxygen atoms in total. The molecule has 78 valence electrons. The van der Waals surface area contributed by atoms with Crippen molar-refractivity contribution in [2.24, 2.45) is 0 Å². The first kappa shape index (κ1) is 10.1. The summed E-state index contributed by atoms with van der Waals surface area (Å²) in [5.41, 5.74) is 0.698. The van der Waals surface area contributed by atoms with Crippen molar-refractivity contribution >= 4 is 11.5 Å². The van der Waals surface area contributed by atoms with Gasteiger partial charge in [-0.1, -0.05) is 0 Å². The van der Waals surface area contributed by atoms with Crippen molar-refractivity contribution in [3.05, 3.63) is 48.2 Å². The van der Waals surface area contributed by atoms with Crippen LogP contribution in [0, 0.1) is 17.1 Å². The fourth-order valence-electron chi connectivity index (χ4n) is 1.16. The highest BCUT2D eigenvalue weighted by molar-refractivity contribution is 5.55. The van der Waals surface area contributed by atoms with Gasteiger partial charge in [0.2, 0.25) is 5.82 Å². The molecule has 2 aromatic rings. The minimum atomic E-state index is -0.300. The minimum absolute atomic E-state index is 0.0899. The fourth-order valence-corrected chi connectivity index (χ4v) is 1.16. The lowest BCUT2D eigenvalue weighted by molar-refractivity contribution is 0.628. The summed E-state index contributed by atoms with van der Waals surface area (Å²) in [5.74, 6) is 0.288. The second kappa shape index (κ2) is 4.36. The van der Waals surface area contributed by atoms with Gasteiger partial charge >= 0.3 is 0 Å². The van der Waals surface area contributed by atoms with E-state index in [-0.39, 0.29) is 11.6 Å². The number of nitrogens with one attached hydrogen (secondary N) is 1. The van der Waals surface area contributed by atoms with Crippen LogP contribution in [0.5, 0.6) is 0 Å². The zero-order valence-electron chi connectivity index (χ0n) is 8.18. The summed E-state index contributed by atoms with van der Waals surface area (Å²) in [6.07, 6.45) is 1.48. The van der Waals surface area contributed by atoms with Gasteiger partial charge in [0.15, 0.2) is 0 Å². The molecular formula is C11H7FN4. The normalized spacial score (nSPS) is 9.50. The van der Waals surface area contributed by atoms with Crippen LogP contribution in [0.3, 0.4) is 0 Å². The van der Waals surface area contributed by atoms with Gasteiger partial charge in [0.25, 0.3) is 0 Å². The Morgan fingerprint density at radius 2 is 1.94 bits per heavy atom. The number of halogens is 1. The predicted octanol–water partition coefficient (Wildman–Crippen LogP) is 2.23. The summed E-state index contributed by atoms with van der Waals surface area (Å²) in [6.45, 7) is 0. The van der Waals surface area contributed by atoms with Gasteiger partial charge in [-0.3, -0.25) is 0 Å². The molecule has 0 bridgehead atoms. The molecule has 2 rings (SSSR count). The Kier molecular flexibility index (Phi) is 2.74. The van der Waals surface area contributed by atoms with Crippen LogP contribution in [0.2, 0.25) is 0 Å². The van der Waals surface area contributed by atoms with Crippen LogP contribution < -0.4 is 5.32 Å². The Morgan fingerprint density at radius 1 is 1.19 bits per heavy atom. The Hall–Kier alpha value is -2.48. The molecule has 0 spiro atoms. The van der Waals surface area contributed by atoms with E-state index >= 15 is 0 Å². The van der Waals surface area contributed by atoms with Crippen LogP contribution in [-0.4, -0.2) is 9.97 Å². The Labute approximate surface area is 91.4 Å². The van der Waals surface area contributed by atoms with E-state index < -0.39 is 0 Å². The van der Waals surface area contributed by atoms with Gasteiger partial charge in [0.1, 0.15) is 17.7 Å². The molecule has 5 heteroatoms. The first-order valence-electron chi connectivity index (χ1n) is 4.53. The Morgan fingerprint density at radius 3 is 2.62 bits per heavy atom. The van der Waals surface area contributed by atoms with Gasteiger partial charge in [-0.15, -0.1) is 0 Å². The number of nitrogens with zero attached hydrogens (tertiary/aromatic N) is 3. The lowest BCUT2D eigenvalue weighted by atomic mass is 10.3. The average molecular weight is 214 g/mol. The molecule has 1 aromatic heterocycles. The van der Waals surface area contributed by atoms with E-state index in [2.05, 4.69) is 15.3 Å². The smallest absolute Gasteiger partial charge is 0.234 e. The largest absolute Gasteiger partial charge is 0.340 e. The molecule has 1 heterocycles. The third-order valence-corrected chi connectivity index (χ3v) is 1.87. The quantitative estimate of drug-likeness (QED) is 0.832. The average Bonchev–Trinajstić information content (AvgIpc) is 2.32. The lowest BCUT2D eigenvalue weighted by Gasteiger charge is -2.04. The second-order valence-corrected chi connectivity index (χ2v) is 3.01. The highest BCUT2D eigenvalue weighted by Gasteiger charge is 1.98. The van der Waals surface area contributed by atoms with Gasteiger partial charge in [0, 0.05) is 11.9 Å². The number of nitriles is 1. The van der Waals surface area contributed by atoms with Crippen molar-refractivity contribution in [3.63, 3.8) is 0 Å². The lowest BCUT2D eigenvalue weighted by Crippen LogP contribution is -1.96. The number of anilines is 2. The van der Waals surface area contributed by atoms with Crippen molar-refractivity contribution in [1.29, 1.82) is 5.26 Å². The summed E-state index contributed by atoms with van der Waals surface area (Å²) in [4.78, 5) is 7.67. The van der Waals surface area contributed by atoms with E-state index in [0.717, 1.165) is 0 Å². The van der Waals surface area contributed by atoms with Crippen molar-refractivity contribution in [2.75, 3.05) is 5.32 Å². The molecule has 0 saturated carbocycles. The van der Waals surface area contributed by atoms with Gasteiger partial charge in [-0.2, -0.15) is 5.26 Å². The summed E-state index contributed by atoms with van der Waals surface area (Å²) >= 11 is 0. The number of hydrogen-bond donors (Lipinski definition) is 1. The minimum Gasteiger partial charge on any atom is -0.340 e. The van der Waals surface area contributed by atoms with Crippen molar-refractivity contribution < 1.29 is 4.39 Å². The molecular weight excluding hydrogens is 207 g/mol. The third-order valence-electron chi connectivity index (χ3n) is 1.87. The molecule has 1 aromatic carbocycles. The van der Waals surface area contributed by atoms with Crippen LogP contribution in [0.1, 0.15) is 5.82 Å². The molecule has 0 aliphatic rings. The maximum absolute atomic E-state index is 12.6. The monoisotopic (exact) mass is 214 g/mol. The SMILES string of the molecule is N#Cc1nccc(Nc2ccc(F)cc2)n1. The Balaban J connectivity index is 2.21. The number of aromatic nitrogens is 2. The number of hydrogen-bond acceptors (Lipinski definition) is 4. The maximum Gasteiger partial charge on any atom is 0.234 e. The molecule has 0 atom stereocenters. The Bertz CT molecular complexity index is 530. The van der Waals surface area contributed by atoms with Gasteiger partial charge in [-0.25, -0.2) is 14.4 Å². The van der Waals surface area contributed by atoms with E-state index in [1.165, 1.54) is 18.3 Å². The van der Waals surface area contributed by atoms with Crippen molar-refractivity contribution in [2.45, 2.75) is 0 Å². The topological polar surface area (TPSA) is 61.6 Å². The first-order valence-corrected chi connectivity index (χ1v) is 4.53. The molecule has 0 aliphatic heterocycles. The van der Waals surface area contributed by atoms with Crippen molar-refractivity contribution in [3.8, 4) is 6.07 Å². The standard InChI is InChI=1S/C11H7FN4/c12-8-1-3-9(4-2-8)15-10-5-6-14-11(7-13)16-10/h1-6H,(H,14,15,16). The van der Waals surface area contributed by atoms with Gasteiger partial charge in [-0.05, 0) is 30.3 Å². The predicted molar refractivity (Wildman–Crippen MR) is 56.4 cm³/mol.